The van der Waals surface area contributed by atoms with Crippen molar-refractivity contribution in [1.29, 1.82) is 0 Å². The molecule has 3 aromatic rings. The van der Waals surface area contributed by atoms with Gasteiger partial charge in [-0.05, 0) is 5.56 Å². The molecule has 2 aromatic heterocycles. The van der Waals surface area contributed by atoms with E-state index in [4.69, 9.17) is 19.8 Å². The van der Waals surface area contributed by atoms with E-state index in [1.54, 1.807) is 0 Å². The molecule has 13 nitrogen and oxygen atoms in total. The number of rotatable bonds is 7. The van der Waals surface area contributed by atoms with Gasteiger partial charge in [-0.1, -0.05) is 30.3 Å². The maximum absolute atomic E-state index is 10.9. The zero-order valence-electron chi connectivity index (χ0n) is 15.9. The Morgan fingerprint density at radius 1 is 1.19 bits per heavy atom. The van der Waals surface area contributed by atoms with Crippen LogP contribution < -0.4 is 15.2 Å². The minimum absolute atomic E-state index is 0.0944. The normalized spacial score (nSPS) is 24.0. The molecule has 0 amide bonds. The average molecular weight is 452 g/mol. The van der Waals surface area contributed by atoms with Crippen molar-refractivity contribution >= 4 is 27.2 Å². The second-order valence-electron chi connectivity index (χ2n) is 6.85. The largest absolute Gasteiger partial charge is 0.471 e. The van der Waals surface area contributed by atoms with Gasteiger partial charge in [0.2, 0.25) is 5.88 Å². The van der Waals surface area contributed by atoms with E-state index in [1.165, 1.54) is 11.0 Å². The van der Waals surface area contributed by atoms with Gasteiger partial charge in [-0.25, -0.2) is 14.6 Å². The van der Waals surface area contributed by atoms with Gasteiger partial charge < -0.3 is 25.4 Å². The molecule has 3 heterocycles. The van der Waals surface area contributed by atoms with Gasteiger partial charge in [-0.3, -0.25) is 4.55 Å². The van der Waals surface area contributed by atoms with Crippen LogP contribution in [0.15, 0.2) is 36.7 Å². The molecule has 0 aliphatic carbocycles. The standard InChI is InChI=1S/C17H20N6O7S/c18-14-11-15(20-8-19-14)23(22-16(11)29-7-9-4-2-1-3-5-9)17-13(25)12(24)10(30-17)6-21-31(26,27)28/h1-5,8,10,12-13,17,21,24-25H,6-7H2,(H2,18,19,20)(H,26,27,28)/t10-,12-,13-,17-/m1/s1. The van der Waals surface area contributed by atoms with E-state index in [0.29, 0.717) is 5.39 Å². The lowest BCUT2D eigenvalue weighted by Gasteiger charge is -2.15. The molecule has 4 atom stereocenters. The van der Waals surface area contributed by atoms with Gasteiger partial charge in [0.05, 0.1) is 0 Å². The van der Waals surface area contributed by atoms with Gasteiger partial charge in [0.1, 0.15) is 42.5 Å². The van der Waals surface area contributed by atoms with Crippen LogP contribution in [0.25, 0.3) is 11.0 Å². The van der Waals surface area contributed by atoms with Crippen LogP contribution in [0.2, 0.25) is 0 Å². The summed E-state index contributed by atoms with van der Waals surface area (Å²) in [6.45, 7) is -0.292. The summed E-state index contributed by atoms with van der Waals surface area (Å²) in [7, 11) is -4.51. The third-order valence-corrected chi connectivity index (χ3v) is 5.28. The highest BCUT2D eigenvalue weighted by atomic mass is 32.2. The molecule has 4 rings (SSSR count). The van der Waals surface area contributed by atoms with E-state index in [-0.39, 0.29) is 24.0 Å². The van der Waals surface area contributed by atoms with Gasteiger partial charge >= 0.3 is 10.3 Å². The van der Waals surface area contributed by atoms with Crippen molar-refractivity contribution in [2.45, 2.75) is 31.1 Å². The van der Waals surface area contributed by atoms with Crippen molar-refractivity contribution in [3.05, 3.63) is 42.2 Å². The van der Waals surface area contributed by atoms with E-state index >= 15 is 0 Å². The quantitative estimate of drug-likeness (QED) is 0.276. The summed E-state index contributed by atoms with van der Waals surface area (Å²) in [5.41, 5.74) is 7.05. The highest BCUT2D eigenvalue weighted by Gasteiger charge is 2.45. The van der Waals surface area contributed by atoms with Crippen molar-refractivity contribution in [2.24, 2.45) is 0 Å². The number of hydrogen-bond donors (Lipinski definition) is 5. The van der Waals surface area contributed by atoms with Gasteiger partial charge in [0, 0.05) is 6.54 Å². The molecule has 1 saturated heterocycles. The summed E-state index contributed by atoms with van der Waals surface area (Å²) >= 11 is 0. The number of nitrogens with two attached hydrogens (primary N) is 1. The van der Waals surface area contributed by atoms with Crippen LogP contribution in [0.1, 0.15) is 11.8 Å². The van der Waals surface area contributed by atoms with E-state index in [0.717, 1.165) is 5.56 Å². The SMILES string of the molecule is Nc1ncnc2c1c(OCc1ccccc1)nn2[C@@H]1O[C@H](CNS(=O)(=O)O)[C@@H](O)[C@H]1O. The summed E-state index contributed by atoms with van der Waals surface area (Å²) in [6.07, 6.45) is -4.13. The maximum Gasteiger partial charge on any atom is 0.333 e. The molecule has 166 valence electrons. The number of nitrogens with zero attached hydrogens (tertiary/aromatic N) is 4. The van der Waals surface area contributed by atoms with E-state index in [2.05, 4.69) is 15.1 Å². The molecular formula is C17H20N6O7S. The molecule has 0 saturated carbocycles. The predicted octanol–water partition coefficient (Wildman–Crippen LogP) is -1.00. The monoisotopic (exact) mass is 452 g/mol. The lowest BCUT2D eigenvalue weighted by Crippen LogP contribution is -2.39. The van der Waals surface area contributed by atoms with Crippen LogP contribution in [-0.4, -0.2) is 67.8 Å². The van der Waals surface area contributed by atoms with Crippen molar-refractivity contribution < 1.29 is 32.7 Å². The number of nitrogens with one attached hydrogen (secondary N) is 1. The Hall–Kier alpha value is -2.88. The second kappa shape index (κ2) is 8.33. The van der Waals surface area contributed by atoms with E-state index < -0.39 is 41.4 Å². The molecule has 1 fully saturated rings. The minimum atomic E-state index is -4.51. The number of nitrogen functional groups attached to an aromatic ring is 1. The Morgan fingerprint density at radius 3 is 2.65 bits per heavy atom. The number of anilines is 1. The average Bonchev–Trinajstić information content (AvgIpc) is 3.24. The number of fused-ring (bicyclic) bond motifs is 1. The molecule has 14 heteroatoms. The van der Waals surface area contributed by atoms with Crippen molar-refractivity contribution in [3.63, 3.8) is 0 Å². The summed E-state index contributed by atoms with van der Waals surface area (Å²) < 4.78 is 45.0. The Morgan fingerprint density at radius 2 is 1.94 bits per heavy atom. The Labute approximate surface area is 176 Å². The lowest BCUT2D eigenvalue weighted by atomic mass is 10.1. The molecule has 0 unspecified atom stereocenters. The molecule has 0 radical (unpaired) electrons. The molecule has 0 spiro atoms. The van der Waals surface area contributed by atoms with Crippen LogP contribution in [0.3, 0.4) is 0 Å². The third kappa shape index (κ3) is 4.43. The fourth-order valence-electron chi connectivity index (χ4n) is 3.26. The first-order valence-corrected chi connectivity index (χ1v) is 10.6. The van der Waals surface area contributed by atoms with Gasteiger partial charge in [-0.2, -0.15) is 13.1 Å². The van der Waals surface area contributed by atoms with Gasteiger partial charge in [0.25, 0.3) is 0 Å². The Kier molecular flexibility index (Phi) is 5.74. The van der Waals surface area contributed by atoms with Gasteiger partial charge in [0.15, 0.2) is 11.9 Å². The third-order valence-electron chi connectivity index (χ3n) is 4.75. The summed E-state index contributed by atoms with van der Waals surface area (Å²) in [5.74, 6) is 0.193. The van der Waals surface area contributed by atoms with E-state index in [1.807, 2.05) is 35.1 Å². The number of aromatic nitrogens is 4. The maximum atomic E-state index is 10.9. The van der Waals surface area contributed by atoms with Crippen LogP contribution in [0.5, 0.6) is 5.88 Å². The lowest BCUT2D eigenvalue weighted by molar-refractivity contribution is -0.0407. The molecule has 6 N–H and O–H groups in total. The molecule has 31 heavy (non-hydrogen) atoms. The fraction of sp³-hybridized carbons (Fsp3) is 0.353. The first-order chi connectivity index (χ1) is 14.7. The van der Waals surface area contributed by atoms with E-state index in [9.17, 15) is 18.6 Å². The fourth-order valence-corrected chi connectivity index (χ4v) is 3.63. The van der Waals surface area contributed by atoms with Crippen molar-refractivity contribution in [1.82, 2.24) is 24.5 Å². The summed E-state index contributed by atoms with van der Waals surface area (Å²) in [5, 5.41) is 25.3. The zero-order valence-corrected chi connectivity index (χ0v) is 16.8. The molecule has 1 aromatic carbocycles. The minimum Gasteiger partial charge on any atom is -0.471 e. The zero-order chi connectivity index (χ0) is 22.2. The van der Waals surface area contributed by atoms with Crippen LogP contribution in [0.4, 0.5) is 5.82 Å². The number of aliphatic hydroxyl groups excluding tert-OH is 2. The Balaban J connectivity index is 1.64. The molecule has 0 bridgehead atoms. The highest BCUT2D eigenvalue weighted by molar-refractivity contribution is 7.83. The van der Waals surface area contributed by atoms with Crippen LogP contribution in [0, 0.1) is 0 Å². The first kappa shape index (κ1) is 21.4. The molecular weight excluding hydrogens is 432 g/mol. The highest BCUT2D eigenvalue weighted by Crippen LogP contribution is 2.35. The number of benzene rings is 1. The first-order valence-electron chi connectivity index (χ1n) is 9.13. The number of ether oxygens (including phenoxy) is 2. The molecule has 1 aliphatic rings. The van der Waals surface area contributed by atoms with Crippen LogP contribution >= 0.6 is 0 Å². The van der Waals surface area contributed by atoms with Crippen LogP contribution in [-0.2, 0) is 21.6 Å². The topological polar surface area (TPSA) is 195 Å². The Bertz CT molecular complexity index is 1170. The summed E-state index contributed by atoms with van der Waals surface area (Å²) in [6, 6.07) is 9.32. The number of hydrogen-bond acceptors (Lipinski definition) is 10. The number of aliphatic hydroxyl groups is 2. The smallest absolute Gasteiger partial charge is 0.333 e. The molecule has 1 aliphatic heterocycles. The van der Waals surface area contributed by atoms with Crippen molar-refractivity contribution in [3.8, 4) is 5.88 Å². The summed E-state index contributed by atoms with van der Waals surface area (Å²) in [4.78, 5) is 8.08. The van der Waals surface area contributed by atoms with Gasteiger partial charge in [-0.15, -0.1) is 5.10 Å². The van der Waals surface area contributed by atoms with Crippen molar-refractivity contribution in [2.75, 3.05) is 12.3 Å². The predicted molar refractivity (Wildman–Crippen MR) is 106 cm³/mol. The second-order valence-corrected chi connectivity index (χ2v) is 8.09.